The van der Waals surface area contributed by atoms with Gasteiger partial charge in [0.25, 0.3) is 0 Å². The van der Waals surface area contributed by atoms with E-state index in [-0.39, 0.29) is 22.8 Å². The molecule has 4 rings (SSSR count). The molecule has 1 fully saturated rings. The van der Waals surface area contributed by atoms with Gasteiger partial charge in [-0.1, -0.05) is 42.5 Å². The molecule has 0 unspecified atom stereocenters. The monoisotopic (exact) mass is 494 g/mol. The third-order valence-corrected chi connectivity index (χ3v) is 8.30. The number of amides is 1. The number of ether oxygens (including phenoxy) is 2. The van der Waals surface area contributed by atoms with Crippen LogP contribution in [0, 0.1) is 5.92 Å². The van der Waals surface area contributed by atoms with Crippen LogP contribution >= 0.6 is 0 Å². The Labute approximate surface area is 206 Å². The standard InChI is InChI=1S/C27H30N2O5S/c1-33-23-10-8-21(9-11-23)26(20-6-4-3-5-7-20)28-27(30)22-16-18-29(19-17-22)35(31,32)25-14-12-24(34-2)13-15-25/h3-15,22,26H,16-19H2,1-2H3,(H,28,30)/t26-/m1/s1. The molecule has 1 aliphatic rings. The predicted octanol–water partition coefficient (Wildman–Crippen LogP) is 4.01. The number of nitrogens with zero attached hydrogens (tertiary/aromatic N) is 1. The fraction of sp³-hybridized carbons (Fsp3) is 0.296. The van der Waals surface area contributed by atoms with E-state index >= 15 is 0 Å². The highest BCUT2D eigenvalue weighted by Crippen LogP contribution is 2.28. The zero-order chi connectivity index (χ0) is 24.8. The molecule has 0 aromatic heterocycles. The molecule has 3 aromatic carbocycles. The van der Waals surface area contributed by atoms with Crippen LogP contribution in [0.3, 0.4) is 0 Å². The van der Waals surface area contributed by atoms with Crippen molar-refractivity contribution < 1.29 is 22.7 Å². The minimum atomic E-state index is -3.62. The number of methoxy groups -OCH3 is 2. The molecular weight excluding hydrogens is 464 g/mol. The zero-order valence-electron chi connectivity index (χ0n) is 19.9. The van der Waals surface area contributed by atoms with Crippen molar-refractivity contribution in [3.63, 3.8) is 0 Å². The Hall–Kier alpha value is -3.36. The Morgan fingerprint density at radius 1 is 0.829 bits per heavy atom. The predicted molar refractivity (Wildman–Crippen MR) is 134 cm³/mol. The van der Waals surface area contributed by atoms with Crippen molar-refractivity contribution in [2.75, 3.05) is 27.3 Å². The molecule has 1 saturated heterocycles. The Balaban J connectivity index is 1.44. The normalized spacial score (nSPS) is 15.8. The molecule has 0 spiro atoms. The van der Waals surface area contributed by atoms with Gasteiger partial charge in [-0.05, 0) is 60.4 Å². The topological polar surface area (TPSA) is 84.9 Å². The van der Waals surface area contributed by atoms with Crippen molar-refractivity contribution in [1.29, 1.82) is 0 Å². The van der Waals surface area contributed by atoms with E-state index in [1.807, 2.05) is 54.6 Å². The Morgan fingerprint density at radius 3 is 1.89 bits per heavy atom. The maximum absolute atomic E-state index is 13.3. The molecule has 0 saturated carbocycles. The maximum Gasteiger partial charge on any atom is 0.243 e. The van der Waals surface area contributed by atoms with E-state index in [1.165, 1.54) is 11.4 Å². The molecule has 0 radical (unpaired) electrons. The van der Waals surface area contributed by atoms with E-state index < -0.39 is 10.0 Å². The van der Waals surface area contributed by atoms with Gasteiger partial charge in [-0.2, -0.15) is 4.31 Å². The summed E-state index contributed by atoms with van der Waals surface area (Å²) in [5, 5.41) is 3.19. The molecule has 1 atom stereocenters. The molecule has 8 heteroatoms. The number of hydrogen-bond donors (Lipinski definition) is 1. The van der Waals surface area contributed by atoms with Gasteiger partial charge in [-0.15, -0.1) is 0 Å². The van der Waals surface area contributed by atoms with Crippen LogP contribution < -0.4 is 14.8 Å². The molecule has 1 aliphatic heterocycles. The van der Waals surface area contributed by atoms with Crippen LogP contribution in [0.15, 0.2) is 83.8 Å². The fourth-order valence-corrected chi connectivity index (χ4v) is 5.79. The summed E-state index contributed by atoms with van der Waals surface area (Å²) in [7, 11) is -0.462. The summed E-state index contributed by atoms with van der Waals surface area (Å²) in [6.07, 6.45) is 0.927. The van der Waals surface area contributed by atoms with Gasteiger partial charge in [0, 0.05) is 19.0 Å². The molecular formula is C27H30N2O5S. The van der Waals surface area contributed by atoms with E-state index in [1.54, 1.807) is 31.4 Å². The fourth-order valence-electron chi connectivity index (χ4n) is 4.32. The minimum absolute atomic E-state index is 0.0730. The number of sulfonamides is 1. The van der Waals surface area contributed by atoms with Crippen LogP contribution in [0.1, 0.15) is 30.0 Å². The molecule has 35 heavy (non-hydrogen) atoms. The first-order chi connectivity index (χ1) is 16.9. The lowest BCUT2D eigenvalue weighted by Gasteiger charge is -2.31. The van der Waals surface area contributed by atoms with E-state index in [0.717, 1.165) is 16.9 Å². The first-order valence-corrected chi connectivity index (χ1v) is 13.0. The Kier molecular flexibility index (Phi) is 7.73. The van der Waals surface area contributed by atoms with Gasteiger partial charge in [-0.25, -0.2) is 8.42 Å². The second-order valence-electron chi connectivity index (χ2n) is 8.48. The number of piperidine rings is 1. The second kappa shape index (κ2) is 10.9. The summed E-state index contributed by atoms with van der Waals surface area (Å²) in [5.74, 6) is 1.01. The summed E-state index contributed by atoms with van der Waals surface area (Å²) in [6.45, 7) is 0.593. The van der Waals surface area contributed by atoms with Crippen molar-refractivity contribution in [2.45, 2.75) is 23.8 Å². The molecule has 184 valence electrons. The molecule has 1 heterocycles. The number of benzene rings is 3. The highest BCUT2D eigenvalue weighted by atomic mass is 32.2. The summed E-state index contributed by atoms with van der Waals surface area (Å²) in [6, 6.07) is 23.5. The molecule has 3 aromatic rings. The summed E-state index contributed by atoms with van der Waals surface area (Å²) in [4.78, 5) is 13.5. The molecule has 0 bridgehead atoms. The number of carbonyl (C=O) groups is 1. The van der Waals surface area contributed by atoms with Crippen molar-refractivity contribution in [2.24, 2.45) is 5.92 Å². The highest BCUT2D eigenvalue weighted by Gasteiger charge is 2.33. The molecule has 1 N–H and O–H groups in total. The van der Waals surface area contributed by atoms with Gasteiger partial charge < -0.3 is 14.8 Å². The van der Waals surface area contributed by atoms with Gasteiger partial charge in [0.15, 0.2) is 0 Å². The Morgan fingerprint density at radius 2 is 1.34 bits per heavy atom. The summed E-state index contributed by atoms with van der Waals surface area (Å²) in [5.41, 5.74) is 1.93. The average molecular weight is 495 g/mol. The van der Waals surface area contributed by atoms with Gasteiger partial charge in [0.2, 0.25) is 15.9 Å². The van der Waals surface area contributed by atoms with Crippen molar-refractivity contribution >= 4 is 15.9 Å². The van der Waals surface area contributed by atoms with E-state index in [2.05, 4.69) is 5.32 Å². The molecule has 1 amide bonds. The van der Waals surface area contributed by atoms with Crippen LogP contribution in [0.4, 0.5) is 0 Å². The van der Waals surface area contributed by atoms with Gasteiger partial charge in [-0.3, -0.25) is 4.79 Å². The van der Waals surface area contributed by atoms with Crippen LogP contribution in [0.2, 0.25) is 0 Å². The van der Waals surface area contributed by atoms with E-state index in [0.29, 0.717) is 31.7 Å². The first kappa shape index (κ1) is 24.8. The summed E-state index contributed by atoms with van der Waals surface area (Å²) >= 11 is 0. The smallest absolute Gasteiger partial charge is 0.243 e. The average Bonchev–Trinajstić information content (AvgIpc) is 2.92. The lowest BCUT2D eigenvalue weighted by atomic mass is 9.94. The molecule has 7 nitrogen and oxygen atoms in total. The lowest BCUT2D eigenvalue weighted by Crippen LogP contribution is -2.43. The SMILES string of the molecule is COc1ccc([C@H](NC(=O)C2CCN(S(=O)(=O)c3ccc(OC)cc3)CC2)c2ccccc2)cc1. The minimum Gasteiger partial charge on any atom is -0.497 e. The zero-order valence-corrected chi connectivity index (χ0v) is 20.7. The van der Waals surface area contributed by atoms with Crippen LogP contribution in [-0.2, 0) is 14.8 Å². The number of hydrogen-bond acceptors (Lipinski definition) is 5. The van der Waals surface area contributed by atoms with Crippen molar-refractivity contribution in [3.05, 3.63) is 90.0 Å². The highest BCUT2D eigenvalue weighted by molar-refractivity contribution is 7.89. The van der Waals surface area contributed by atoms with E-state index in [4.69, 9.17) is 9.47 Å². The quantitative estimate of drug-likeness (QED) is 0.512. The maximum atomic E-state index is 13.3. The largest absolute Gasteiger partial charge is 0.497 e. The third-order valence-electron chi connectivity index (χ3n) is 6.39. The number of rotatable bonds is 8. The van der Waals surface area contributed by atoms with E-state index in [9.17, 15) is 13.2 Å². The van der Waals surface area contributed by atoms with Crippen molar-refractivity contribution in [3.8, 4) is 11.5 Å². The number of carbonyl (C=O) groups excluding carboxylic acids is 1. The number of nitrogens with one attached hydrogen (secondary N) is 1. The Bertz CT molecular complexity index is 1220. The van der Waals surface area contributed by atoms with Gasteiger partial charge >= 0.3 is 0 Å². The lowest BCUT2D eigenvalue weighted by molar-refractivity contribution is -0.126. The van der Waals surface area contributed by atoms with Gasteiger partial charge in [0.1, 0.15) is 11.5 Å². The third kappa shape index (κ3) is 5.66. The van der Waals surface area contributed by atoms with Crippen LogP contribution in [-0.4, -0.2) is 45.9 Å². The van der Waals surface area contributed by atoms with Crippen LogP contribution in [0.25, 0.3) is 0 Å². The van der Waals surface area contributed by atoms with Crippen LogP contribution in [0.5, 0.6) is 11.5 Å². The first-order valence-electron chi connectivity index (χ1n) is 11.6. The summed E-state index contributed by atoms with van der Waals surface area (Å²) < 4.78 is 37.9. The molecule has 0 aliphatic carbocycles. The van der Waals surface area contributed by atoms with Gasteiger partial charge in [0.05, 0.1) is 25.2 Å². The van der Waals surface area contributed by atoms with Crippen molar-refractivity contribution in [1.82, 2.24) is 9.62 Å². The second-order valence-corrected chi connectivity index (χ2v) is 10.4.